The van der Waals surface area contributed by atoms with E-state index in [9.17, 15) is 9.90 Å². The van der Waals surface area contributed by atoms with Gasteiger partial charge in [-0.05, 0) is 25.0 Å². The predicted molar refractivity (Wildman–Crippen MR) is 64.4 cm³/mol. The van der Waals surface area contributed by atoms with Crippen molar-refractivity contribution in [2.45, 2.75) is 48.6 Å². The number of hydrogen-bond acceptors (Lipinski definition) is 4. The summed E-state index contributed by atoms with van der Waals surface area (Å²) in [4.78, 5) is 10.7. The second kappa shape index (κ2) is 5.60. The molecule has 0 amide bonds. The van der Waals surface area contributed by atoms with E-state index >= 15 is 0 Å². The van der Waals surface area contributed by atoms with Gasteiger partial charge in [-0.25, -0.2) is 4.79 Å². The molecular weight excluding hydrogens is 240 g/mol. The van der Waals surface area contributed by atoms with E-state index in [1.54, 1.807) is 6.07 Å². The van der Waals surface area contributed by atoms with Crippen molar-refractivity contribution in [3.05, 3.63) is 17.9 Å². The van der Waals surface area contributed by atoms with Gasteiger partial charge >= 0.3 is 5.97 Å². The number of thioether (sulfide) groups is 1. The minimum absolute atomic E-state index is 0.0457. The molecule has 2 rings (SSSR count). The third-order valence-corrected chi connectivity index (χ3v) is 4.28. The molecule has 0 radical (unpaired) electrons. The Morgan fingerprint density at radius 3 is 2.76 bits per heavy atom. The minimum Gasteiger partial charge on any atom is -0.475 e. The lowest BCUT2D eigenvalue weighted by atomic mass is 10.1. The molecule has 1 heterocycles. The summed E-state index contributed by atoms with van der Waals surface area (Å²) < 4.78 is 5.19. The maximum Gasteiger partial charge on any atom is 0.371 e. The fourth-order valence-electron chi connectivity index (χ4n) is 2.04. The average Bonchev–Trinajstić information content (AvgIpc) is 2.66. The van der Waals surface area contributed by atoms with Gasteiger partial charge in [-0.3, -0.25) is 0 Å². The van der Waals surface area contributed by atoms with Crippen LogP contribution in [0.25, 0.3) is 0 Å². The van der Waals surface area contributed by atoms with Crippen LogP contribution < -0.4 is 0 Å². The third kappa shape index (κ3) is 3.26. The van der Waals surface area contributed by atoms with Crippen LogP contribution in [0, 0.1) is 0 Å². The van der Waals surface area contributed by atoms with E-state index in [1.807, 2.05) is 0 Å². The van der Waals surface area contributed by atoms with Gasteiger partial charge < -0.3 is 14.6 Å². The molecule has 4 nitrogen and oxygen atoms in total. The third-order valence-electron chi connectivity index (χ3n) is 2.98. The fraction of sp³-hybridized carbons (Fsp3) is 0.583. The first kappa shape index (κ1) is 12.5. The lowest BCUT2D eigenvalue weighted by molar-refractivity contribution is 0.0656. The molecule has 1 aliphatic carbocycles. The van der Waals surface area contributed by atoms with Crippen molar-refractivity contribution in [2.24, 2.45) is 0 Å². The first-order valence-corrected chi connectivity index (χ1v) is 6.72. The monoisotopic (exact) mass is 256 g/mol. The van der Waals surface area contributed by atoms with Crippen molar-refractivity contribution < 1.29 is 19.4 Å². The van der Waals surface area contributed by atoms with Gasteiger partial charge in [0.25, 0.3) is 0 Å². The molecule has 0 spiro atoms. The van der Waals surface area contributed by atoms with Crippen LogP contribution >= 0.6 is 11.8 Å². The van der Waals surface area contributed by atoms with Gasteiger partial charge in [0.2, 0.25) is 5.76 Å². The molecule has 1 aliphatic rings. The standard InChI is InChI=1S/C12H16O4S/c13-8-4-2-1-3-5-10(8)17-11-7-6-9(16-11)12(14)15/h6-8,10,13H,1-5H2,(H,14,15). The summed E-state index contributed by atoms with van der Waals surface area (Å²) in [6, 6.07) is 3.11. The highest BCUT2D eigenvalue weighted by molar-refractivity contribution is 7.99. The van der Waals surface area contributed by atoms with Crippen LogP contribution in [0.2, 0.25) is 0 Å². The Morgan fingerprint density at radius 2 is 2.06 bits per heavy atom. The van der Waals surface area contributed by atoms with Crippen LogP contribution in [0.1, 0.15) is 42.7 Å². The van der Waals surface area contributed by atoms with Gasteiger partial charge in [-0.2, -0.15) is 0 Å². The van der Waals surface area contributed by atoms with Crippen molar-refractivity contribution in [3.8, 4) is 0 Å². The smallest absolute Gasteiger partial charge is 0.371 e. The molecule has 5 heteroatoms. The van der Waals surface area contributed by atoms with Crippen LogP contribution in [0.5, 0.6) is 0 Å². The lowest BCUT2D eigenvalue weighted by Crippen LogP contribution is -2.20. The SMILES string of the molecule is O=C(O)c1ccc(SC2CCCCCC2O)o1. The molecule has 1 fully saturated rings. The van der Waals surface area contributed by atoms with E-state index in [0.29, 0.717) is 5.09 Å². The molecule has 0 aromatic carbocycles. The summed E-state index contributed by atoms with van der Waals surface area (Å²) in [5.74, 6) is -1.10. The maximum atomic E-state index is 10.7. The quantitative estimate of drug-likeness (QED) is 0.814. The molecule has 17 heavy (non-hydrogen) atoms. The summed E-state index contributed by atoms with van der Waals surface area (Å²) in [5, 5.41) is 19.4. The largest absolute Gasteiger partial charge is 0.475 e. The topological polar surface area (TPSA) is 70.7 Å². The van der Waals surface area contributed by atoms with Gasteiger partial charge in [-0.15, -0.1) is 0 Å². The number of aliphatic hydroxyl groups is 1. The van der Waals surface area contributed by atoms with E-state index in [0.717, 1.165) is 32.1 Å². The number of carboxylic acids is 1. The van der Waals surface area contributed by atoms with E-state index in [4.69, 9.17) is 9.52 Å². The Kier molecular flexibility index (Phi) is 4.12. The van der Waals surface area contributed by atoms with Gasteiger partial charge in [-0.1, -0.05) is 31.0 Å². The van der Waals surface area contributed by atoms with E-state index in [2.05, 4.69) is 0 Å². The molecule has 0 aliphatic heterocycles. The van der Waals surface area contributed by atoms with Gasteiger partial charge in [0.1, 0.15) is 0 Å². The van der Waals surface area contributed by atoms with Gasteiger partial charge in [0.05, 0.1) is 6.10 Å². The molecule has 1 saturated carbocycles. The Morgan fingerprint density at radius 1 is 1.29 bits per heavy atom. The number of aliphatic hydroxyl groups excluding tert-OH is 1. The zero-order valence-electron chi connectivity index (χ0n) is 9.46. The molecule has 2 unspecified atom stereocenters. The first-order chi connectivity index (χ1) is 8.16. The number of aromatic carboxylic acids is 1. The summed E-state index contributed by atoms with van der Waals surface area (Å²) in [7, 11) is 0. The Labute approximate surface area is 104 Å². The summed E-state index contributed by atoms with van der Waals surface area (Å²) >= 11 is 1.44. The lowest BCUT2D eigenvalue weighted by Gasteiger charge is -2.17. The normalized spacial score (nSPS) is 25.5. The van der Waals surface area contributed by atoms with E-state index < -0.39 is 5.97 Å². The second-order valence-electron chi connectivity index (χ2n) is 4.29. The fourth-order valence-corrected chi connectivity index (χ4v) is 3.20. The van der Waals surface area contributed by atoms with Gasteiger partial charge in [0, 0.05) is 5.25 Å². The molecular formula is C12H16O4S. The second-order valence-corrected chi connectivity index (χ2v) is 5.53. The number of furan rings is 1. The molecule has 1 aromatic heterocycles. The Balaban J connectivity index is 2.00. The molecule has 94 valence electrons. The van der Waals surface area contributed by atoms with Crippen LogP contribution in [-0.2, 0) is 0 Å². The summed E-state index contributed by atoms with van der Waals surface area (Å²) in [6.07, 6.45) is 4.80. The Bertz CT molecular complexity index is 388. The van der Waals surface area contributed by atoms with Crippen molar-refractivity contribution in [1.29, 1.82) is 0 Å². The highest BCUT2D eigenvalue weighted by atomic mass is 32.2. The van der Waals surface area contributed by atoms with E-state index in [-0.39, 0.29) is 17.1 Å². The van der Waals surface area contributed by atoms with Gasteiger partial charge in [0.15, 0.2) is 5.09 Å². The van der Waals surface area contributed by atoms with Crippen molar-refractivity contribution in [1.82, 2.24) is 0 Å². The molecule has 2 N–H and O–H groups in total. The Hall–Kier alpha value is -0.940. The van der Waals surface area contributed by atoms with Crippen molar-refractivity contribution in [3.63, 3.8) is 0 Å². The van der Waals surface area contributed by atoms with Crippen molar-refractivity contribution in [2.75, 3.05) is 0 Å². The van der Waals surface area contributed by atoms with E-state index in [1.165, 1.54) is 17.8 Å². The predicted octanol–water partition coefficient (Wildman–Crippen LogP) is 2.76. The first-order valence-electron chi connectivity index (χ1n) is 5.84. The van der Waals surface area contributed by atoms with Crippen LogP contribution in [0.3, 0.4) is 0 Å². The number of rotatable bonds is 3. The molecule has 0 saturated heterocycles. The summed E-state index contributed by atoms with van der Waals surface area (Å²) in [6.45, 7) is 0. The highest BCUT2D eigenvalue weighted by Gasteiger charge is 2.24. The van der Waals surface area contributed by atoms with Crippen LogP contribution in [0.4, 0.5) is 0 Å². The number of carbonyl (C=O) groups is 1. The van der Waals surface area contributed by atoms with Crippen LogP contribution in [0.15, 0.2) is 21.6 Å². The highest BCUT2D eigenvalue weighted by Crippen LogP contribution is 2.33. The molecule has 1 aromatic rings. The molecule has 0 bridgehead atoms. The summed E-state index contributed by atoms with van der Waals surface area (Å²) in [5.41, 5.74) is 0. The van der Waals surface area contributed by atoms with Crippen LogP contribution in [-0.4, -0.2) is 27.5 Å². The zero-order chi connectivity index (χ0) is 12.3. The average molecular weight is 256 g/mol. The van der Waals surface area contributed by atoms with Crippen molar-refractivity contribution >= 4 is 17.7 Å². The molecule has 2 atom stereocenters. The minimum atomic E-state index is -1.06. The number of carboxylic acid groups (broad SMARTS) is 1. The number of hydrogen-bond donors (Lipinski definition) is 2. The maximum absolute atomic E-state index is 10.7. The zero-order valence-corrected chi connectivity index (χ0v) is 10.3.